The molecule has 1 aromatic carbocycles. The summed E-state index contributed by atoms with van der Waals surface area (Å²) in [5, 5.41) is 0.724. The van der Waals surface area contributed by atoms with E-state index in [2.05, 4.69) is 9.55 Å². The first-order valence-corrected chi connectivity index (χ1v) is 7.29. The number of nitrogen functional groups attached to an aromatic ring is 1. The Bertz CT molecular complexity index is 563. The number of rotatable bonds is 4. The Morgan fingerprint density at radius 1 is 1.44 bits per heavy atom. The first kappa shape index (κ1) is 11.9. The third-order valence-electron chi connectivity index (χ3n) is 3.04. The van der Waals surface area contributed by atoms with Crippen molar-refractivity contribution in [3.63, 3.8) is 0 Å². The molecule has 5 heteroatoms. The molecule has 2 aromatic rings. The summed E-state index contributed by atoms with van der Waals surface area (Å²) in [7, 11) is 0. The summed E-state index contributed by atoms with van der Waals surface area (Å²) in [6.07, 6.45) is 6.40. The van der Waals surface area contributed by atoms with Crippen LogP contribution in [0.5, 0.6) is 0 Å². The highest BCUT2D eigenvalue weighted by Crippen LogP contribution is 2.37. The number of hydrogen-bond donors (Lipinski definition) is 1. The molecule has 2 N–H and O–H groups in total. The molecule has 94 valence electrons. The van der Waals surface area contributed by atoms with E-state index in [-0.39, 0.29) is 0 Å². The fraction of sp³-hybridized carbons (Fsp3) is 0.308. The van der Waals surface area contributed by atoms with Crippen LogP contribution in [0.3, 0.4) is 0 Å². The zero-order valence-corrected chi connectivity index (χ0v) is 11.4. The second kappa shape index (κ2) is 4.86. The molecular formula is C13H14ClN3S. The highest BCUT2D eigenvalue weighted by molar-refractivity contribution is 7.98. The second-order valence-corrected chi connectivity index (χ2v) is 5.95. The van der Waals surface area contributed by atoms with Gasteiger partial charge < -0.3 is 10.3 Å². The van der Waals surface area contributed by atoms with E-state index in [4.69, 9.17) is 17.3 Å². The molecule has 0 saturated heterocycles. The maximum atomic E-state index is 5.98. The Morgan fingerprint density at radius 3 is 3.06 bits per heavy atom. The van der Waals surface area contributed by atoms with E-state index in [1.54, 1.807) is 11.8 Å². The van der Waals surface area contributed by atoms with Gasteiger partial charge in [-0.1, -0.05) is 11.6 Å². The van der Waals surface area contributed by atoms with Crippen LogP contribution < -0.4 is 5.73 Å². The van der Waals surface area contributed by atoms with E-state index >= 15 is 0 Å². The lowest BCUT2D eigenvalue weighted by molar-refractivity contribution is 0.714. The van der Waals surface area contributed by atoms with Crippen molar-refractivity contribution >= 4 is 29.1 Å². The van der Waals surface area contributed by atoms with Crippen molar-refractivity contribution in [1.29, 1.82) is 0 Å². The Hall–Kier alpha value is -1.13. The molecule has 0 unspecified atom stereocenters. The summed E-state index contributed by atoms with van der Waals surface area (Å²) in [6.45, 7) is 0. The maximum Gasteiger partial charge on any atom is 0.0951 e. The lowest BCUT2D eigenvalue weighted by atomic mass is 10.3. The molecule has 0 spiro atoms. The third-order valence-corrected chi connectivity index (χ3v) is 4.38. The predicted molar refractivity (Wildman–Crippen MR) is 75.9 cm³/mol. The smallest absolute Gasteiger partial charge is 0.0951 e. The Morgan fingerprint density at radius 2 is 2.28 bits per heavy atom. The number of thioether (sulfide) groups is 1. The lowest BCUT2D eigenvalue weighted by Crippen LogP contribution is -1.97. The summed E-state index contributed by atoms with van der Waals surface area (Å²) >= 11 is 7.69. The zero-order valence-electron chi connectivity index (χ0n) is 9.84. The SMILES string of the molecule is Nc1ccc(Cl)cc1SCc1cncn1C1CC1. The quantitative estimate of drug-likeness (QED) is 0.685. The highest BCUT2D eigenvalue weighted by Gasteiger charge is 2.25. The zero-order chi connectivity index (χ0) is 12.5. The summed E-state index contributed by atoms with van der Waals surface area (Å²) in [5.74, 6) is 0.876. The van der Waals surface area contributed by atoms with Crippen molar-refractivity contribution in [2.45, 2.75) is 29.5 Å². The molecule has 1 fully saturated rings. The number of hydrogen-bond acceptors (Lipinski definition) is 3. The Balaban J connectivity index is 1.73. The molecule has 0 atom stereocenters. The van der Waals surface area contributed by atoms with Crippen molar-refractivity contribution in [1.82, 2.24) is 9.55 Å². The number of benzene rings is 1. The molecule has 1 aliphatic carbocycles. The molecule has 1 saturated carbocycles. The van der Waals surface area contributed by atoms with Crippen LogP contribution in [0.1, 0.15) is 24.6 Å². The second-order valence-electron chi connectivity index (χ2n) is 4.49. The van der Waals surface area contributed by atoms with Crippen LogP contribution in [-0.4, -0.2) is 9.55 Å². The van der Waals surface area contributed by atoms with Gasteiger partial charge in [-0.05, 0) is 31.0 Å². The molecule has 0 bridgehead atoms. The first-order valence-electron chi connectivity index (χ1n) is 5.92. The van der Waals surface area contributed by atoms with E-state index < -0.39 is 0 Å². The minimum Gasteiger partial charge on any atom is -0.398 e. The number of halogens is 1. The number of imidazole rings is 1. The van der Waals surface area contributed by atoms with Gasteiger partial charge in [0.1, 0.15) is 0 Å². The molecule has 3 nitrogen and oxygen atoms in total. The van der Waals surface area contributed by atoms with Gasteiger partial charge in [-0.2, -0.15) is 0 Å². The normalized spacial score (nSPS) is 14.9. The van der Waals surface area contributed by atoms with Crippen molar-refractivity contribution < 1.29 is 0 Å². The molecule has 0 aliphatic heterocycles. The average molecular weight is 280 g/mol. The van der Waals surface area contributed by atoms with Gasteiger partial charge in [-0.3, -0.25) is 0 Å². The average Bonchev–Trinajstić information content (AvgIpc) is 3.10. The van der Waals surface area contributed by atoms with Crippen molar-refractivity contribution in [2.75, 3.05) is 5.73 Å². The molecule has 0 radical (unpaired) electrons. The minimum atomic E-state index is 0.666. The number of nitrogens with two attached hydrogens (primary N) is 1. The predicted octanol–water partition coefficient (Wildman–Crippen LogP) is 3.75. The van der Waals surface area contributed by atoms with Crippen molar-refractivity contribution in [2.24, 2.45) is 0 Å². The van der Waals surface area contributed by atoms with Crippen LogP contribution in [0.25, 0.3) is 0 Å². The van der Waals surface area contributed by atoms with Gasteiger partial charge in [0.25, 0.3) is 0 Å². The van der Waals surface area contributed by atoms with E-state index in [1.807, 2.05) is 30.7 Å². The molecule has 18 heavy (non-hydrogen) atoms. The maximum absolute atomic E-state index is 5.98. The molecule has 3 rings (SSSR count). The minimum absolute atomic E-state index is 0.666. The van der Waals surface area contributed by atoms with Gasteiger partial charge in [0.15, 0.2) is 0 Å². The van der Waals surface area contributed by atoms with Crippen molar-refractivity contribution in [3.8, 4) is 0 Å². The highest BCUT2D eigenvalue weighted by atomic mass is 35.5. The molecule has 1 aromatic heterocycles. The van der Waals surface area contributed by atoms with Gasteiger partial charge in [0.2, 0.25) is 0 Å². The van der Waals surface area contributed by atoms with E-state index in [0.29, 0.717) is 6.04 Å². The van der Waals surface area contributed by atoms with Crippen LogP contribution in [0.4, 0.5) is 5.69 Å². The fourth-order valence-corrected chi connectivity index (χ4v) is 3.12. The first-order chi connectivity index (χ1) is 8.74. The molecule has 0 amide bonds. The van der Waals surface area contributed by atoms with Crippen LogP contribution in [0.15, 0.2) is 35.6 Å². The van der Waals surface area contributed by atoms with Crippen LogP contribution in [0.2, 0.25) is 5.02 Å². The summed E-state index contributed by atoms with van der Waals surface area (Å²) in [5.41, 5.74) is 7.97. The Kier molecular flexibility index (Phi) is 3.22. The topological polar surface area (TPSA) is 43.8 Å². The van der Waals surface area contributed by atoms with Crippen LogP contribution >= 0.6 is 23.4 Å². The molecule has 1 heterocycles. The number of aromatic nitrogens is 2. The Labute approximate surface area is 115 Å². The van der Waals surface area contributed by atoms with Gasteiger partial charge in [0.05, 0.1) is 6.33 Å². The van der Waals surface area contributed by atoms with Crippen LogP contribution in [-0.2, 0) is 5.75 Å². The van der Waals surface area contributed by atoms with E-state index in [0.717, 1.165) is 21.4 Å². The summed E-state index contributed by atoms with van der Waals surface area (Å²) < 4.78 is 2.27. The van der Waals surface area contributed by atoms with E-state index in [1.165, 1.54) is 18.5 Å². The standard InChI is InChI=1S/C13H14ClN3S/c14-9-1-4-12(15)13(5-9)18-7-11-6-16-8-17(11)10-2-3-10/h1,4-6,8,10H,2-3,7,15H2. The van der Waals surface area contributed by atoms with E-state index in [9.17, 15) is 0 Å². The summed E-state index contributed by atoms with van der Waals surface area (Å²) in [6, 6.07) is 6.25. The largest absolute Gasteiger partial charge is 0.398 e. The monoisotopic (exact) mass is 279 g/mol. The van der Waals surface area contributed by atoms with Gasteiger partial charge >= 0.3 is 0 Å². The summed E-state index contributed by atoms with van der Waals surface area (Å²) in [4.78, 5) is 5.26. The molecular weight excluding hydrogens is 266 g/mol. The van der Waals surface area contributed by atoms with Crippen molar-refractivity contribution in [3.05, 3.63) is 41.4 Å². The number of anilines is 1. The third kappa shape index (κ3) is 2.49. The fourth-order valence-electron chi connectivity index (χ4n) is 1.91. The van der Waals surface area contributed by atoms with Gasteiger partial charge in [-0.15, -0.1) is 11.8 Å². The van der Waals surface area contributed by atoms with Gasteiger partial charge in [0, 0.05) is 39.3 Å². The lowest BCUT2D eigenvalue weighted by Gasteiger charge is -2.08. The van der Waals surface area contributed by atoms with Crippen LogP contribution in [0, 0.1) is 0 Å². The number of nitrogens with zero attached hydrogens (tertiary/aromatic N) is 2. The molecule has 1 aliphatic rings. The van der Waals surface area contributed by atoms with Gasteiger partial charge in [-0.25, -0.2) is 4.98 Å².